The molecular formula is CH12BaCa2O8S. The van der Waals surface area contributed by atoms with E-state index in [-0.39, 0.29) is 138 Å². The van der Waals surface area contributed by atoms with Crippen LogP contribution < -0.4 is 0 Å². The first-order valence-electron chi connectivity index (χ1n) is 1.35. The number of hydrogen-bond acceptors (Lipinski definition) is 3. The maximum absolute atomic E-state index is 8.74. The Hall–Kier alpha value is 3.19. The van der Waals surface area contributed by atoms with Gasteiger partial charge in [-0.1, -0.05) is 0 Å². The number of rotatable bonds is 0. The Morgan fingerprint density at radius 2 is 1.08 bits per heavy atom. The van der Waals surface area contributed by atoms with Crippen LogP contribution in [0.5, 0.6) is 0 Å². The molecule has 0 aliphatic rings. The van der Waals surface area contributed by atoms with Crippen molar-refractivity contribution in [1.82, 2.24) is 0 Å². The summed E-state index contributed by atoms with van der Waals surface area (Å²) in [5.74, 6) is 0. The molecule has 0 radical (unpaired) electrons. The van der Waals surface area contributed by atoms with Crippen molar-refractivity contribution < 1.29 is 46.6 Å². The average molecular weight is 402 g/mol. The van der Waals surface area contributed by atoms with Crippen LogP contribution in [-0.4, -0.2) is 164 Å². The molecule has 0 bridgehead atoms. The first kappa shape index (κ1) is 36.0. The molecule has 0 aromatic carbocycles. The van der Waals surface area contributed by atoms with Crippen LogP contribution in [0.1, 0.15) is 8.56 Å². The van der Waals surface area contributed by atoms with Crippen molar-refractivity contribution >= 4 is 141 Å². The van der Waals surface area contributed by atoms with Crippen molar-refractivity contribution in [2.24, 2.45) is 0 Å². The van der Waals surface area contributed by atoms with Gasteiger partial charge in [-0.15, -0.1) is 0 Å². The molecule has 0 aromatic heterocycles. The second-order valence-electron chi connectivity index (χ2n) is 0.730. The van der Waals surface area contributed by atoms with Gasteiger partial charge in [0.2, 0.25) is 0 Å². The van der Waals surface area contributed by atoms with Gasteiger partial charge in [-0.25, -0.2) is 4.79 Å². The van der Waals surface area contributed by atoms with Crippen LogP contribution >= 0.6 is 0 Å². The zero-order valence-corrected chi connectivity index (χ0v) is 16.2. The van der Waals surface area contributed by atoms with E-state index in [1.54, 1.807) is 0 Å². The second kappa shape index (κ2) is 20.6. The summed E-state index contributed by atoms with van der Waals surface area (Å²) in [5.41, 5.74) is 0. The van der Waals surface area contributed by atoms with Gasteiger partial charge in [-0.2, -0.15) is 8.42 Å². The fourth-order valence-corrected chi connectivity index (χ4v) is 0. The van der Waals surface area contributed by atoms with Crippen LogP contribution in [0.2, 0.25) is 0 Å². The van der Waals surface area contributed by atoms with Gasteiger partial charge in [0.1, 0.15) is 0 Å². The van der Waals surface area contributed by atoms with E-state index in [9.17, 15) is 0 Å². The molecule has 12 heteroatoms. The summed E-state index contributed by atoms with van der Waals surface area (Å²) in [6.45, 7) is 0. The predicted molar refractivity (Wildman–Crippen MR) is 52.4 cm³/mol. The van der Waals surface area contributed by atoms with Crippen molar-refractivity contribution in [1.29, 1.82) is 0 Å². The Morgan fingerprint density at radius 3 is 1.08 bits per heavy atom. The largest absolute Gasteiger partial charge is 2.00 e. The van der Waals surface area contributed by atoms with E-state index >= 15 is 0 Å². The summed E-state index contributed by atoms with van der Waals surface area (Å²) in [7, 11) is -4.67. The first-order valence-corrected chi connectivity index (χ1v) is 2.75. The summed E-state index contributed by atoms with van der Waals surface area (Å²) in [6, 6.07) is 0. The molecule has 76 valence electrons. The van der Waals surface area contributed by atoms with Crippen LogP contribution in [-0.2, 0) is 10.4 Å². The first-order chi connectivity index (χ1) is 3.73. The van der Waals surface area contributed by atoms with Crippen LogP contribution in [0.3, 0.4) is 0 Å². The molecule has 6 N–H and O–H groups in total. The molecule has 0 spiro atoms. The predicted octanol–water partition coefficient (Wildman–Crippen LogP) is -1.72. The van der Waals surface area contributed by atoms with Gasteiger partial charge in [0.05, 0.1) is 0 Å². The molecule has 0 aliphatic heterocycles. The minimum atomic E-state index is -4.67. The maximum Gasteiger partial charge on any atom is 2.00 e. The normalized spacial score (nSPS) is 6.31. The molecule has 0 fully saturated rings. The molecule has 0 unspecified atom stereocenters. The Labute approximate surface area is 183 Å². The quantitative estimate of drug-likeness (QED) is 0.277. The van der Waals surface area contributed by atoms with Crippen molar-refractivity contribution in [2.75, 3.05) is 0 Å². The molecule has 8 nitrogen and oxygen atoms in total. The maximum atomic E-state index is 8.74. The molecule has 0 heterocycles. The molecule has 0 aliphatic carbocycles. The zero-order chi connectivity index (χ0) is 8.08. The van der Waals surface area contributed by atoms with Crippen molar-refractivity contribution in [3.8, 4) is 0 Å². The summed E-state index contributed by atoms with van der Waals surface area (Å²) in [4.78, 5) is 8.56. The molecule has 13 heavy (non-hydrogen) atoms. The van der Waals surface area contributed by atoms with E-state index in [4.69, 9.17) is 32.5 Å². The molecule has 0 atom stereocenters. The van der Waals surface area contributed by atoms with Crippen molar-refractivity contribution in [3.05, 3.63) is 0 Å². The third kappa shape index (κ3) is 260. The monoisotopic (exact) mass is 402 g/mol. The summed E-state index contributed by atoms with van der Waals surface area (Å²) >= 11 is 0. The molecule has 0 saturated heterocycles. The van der Waals surface area contributed by atoms with Gasteiger partial charge in [-0.3, -0.25) is 9.11 Å². The Balaban J connectivity index is -0.00000000340. The van der Waals surface area contributed by atoms with Gasteiger partial charge in [0, 0.05) is 0 Å². The number of carbonyl (C=O) groups is 1. The molecule has 0 rings (SSSR count). The summed E-state index contributed by atoms with van der Waals surface area (Å²) in [6.07, 6.45) is -1.83. The standard InChI is InChI=1S/CH2O3.Ba.2Ca.H2O4S.H2O.6H/c2-1(3)4;;;;1-5(2,3)4;;;;;;;/h(H2,2,3,4);;;;(H2,1,2,3,4);1H2;;;;;;/q;3*+2;;;6*-1. The van der Waals surface area contributed by atoms with Gasteiger partial charge >= 0.3 is 141 Å². The smallest absolute Gasteiger partial charge is 1.00 e. The Kier molecular flexibility index (Phi) is 57.0. The molecule has 0 amide bonds. The van der Waals surface area contributed by atoms with Gasteiger partial charge in [-0.05, 0) is 0 Å². The van der Waals surface area contributed by atoms with E-state index in [1.165, 1.54) is 0 Å². The van der Waals surface area contributed by atoms with E-state index < -0.39 is 16.6 Å². The fraction of sp³-hybridized carbons (Fsp3) is 0. The minimum absolute atomic E-state index is 0. The minimum Gasteiger partial charge on any atom is -1.00 e. The van der Waals surface area contributed by atoms with Gasteiger partial charge in [0.25, 0.3) is 0 Å². The van der Waals surface area contributed by atoms with E-state index in [2.05, 4.69) is 0 Å². The van der Waals surface area contributed by atoms with Crippen LogP contribution in [0.25, 0.3) is 0 Å². The Bertz CT molecular complexity index is 182. The second-order valence-corrected chi connectivity index (χ2v) is 1.63. The molecule has 0 saturated carbocycles. The van der Waals surface area contributed by atoms with E-state index in [0.717, 1.165) is 0 Å². The summed E-state index contributed by atoms with van der Waals surface area (Å²) in [5, 5.41) is 13.9. The Morgan fingerprint density at radius 1 is 1.08 bits per heavy atom. The topological polar surface area (TPSA) is 164 Å². The van der Waals surface area contributed by atoms with Gasteiger partial charge in [0.15, 0.2) is 0 Å². The van der Waals surface area contributed by atoms with Crippen LogP contribution in [0.4, 0.5) is 4.79 Å². The summed E-state index contributed by atoms with van der Waals surface area (Å²) < 4.78 is 31.6. The fourth-order valence-electron chi connectivity index (χ4n) is 0. The molecule has 0 aromatic rings. The SMILES string of the molecule is O.O=C(O)O.O=S(=O)(O)O.[Ba+2].[Ca+2].[Ca+2].[H-].[H-].[H-].[H-].[H-].[H-]. The number of carboxylic acid groups (broad SMARTS) is 2. The van der Waals surface area contributed by atoms with Crippen LogP contribution in [0, 0.1) is 0 Å². The zero-order valence-electron chi connectivity index (χ0n) is 12.5. The van der Waals surface area contributed by atoms with E-state index in [1.807, 2.05) is 0 Å². The average Bonchev–Trinajstić information content (AvgIpc) is 1.19. The third-order valence-electron chi connectivity index (χ3n) is 0. The molecular weight excluding hydrogens is 390 g/mol. The van der Waals surface area contributed by atoms with E-state index in [0.29, 0.717) is 0 Å². The van der Waals surface area contributed by atoms with Gasteiger partial charge < -0.3 is 24.2 Å². The third-order valence-corrected chi connectivity index (χ3v) is 0. The number of hydrogen-bond donors (Lipinski definition) is 4. The van der Waals surface area contributed by atoms with Crippen molar-refractivity contribution in [2.45, 2.75) is 0 Å². The van der Waals surface area contributed by atoms with Crippen LogP contribution in [0.15, 0.2) is 0 Å². The van der Waals surface area contributed by atoms with Crippen molar-refractivity contribution in [3.63, 3.8) is 0 Å².